The molecular formula is C22H26N4O3S. The van der Waals surface area contributed by atoms with Crippen molar-refractivity contribution in [3.05, 3.63) is 47.0 Å². The average Bonchev–Trinajstić information content (AvgIpc) is 3.18. The van der Waals surface area contributed by atoms with Crippen molar-refractivity contribution in [2.75, 3.05) is 19.6 Å². The number of para-hydroxylation sites is 1. The maximum absolute atomic E-state index is 12.3. The fourth-order valence-electron chi connectivity index (χ4n) is 3.58. The van der Waals surface area contributed by atoms with Crippen LogP contribution >= 0.6 is 12.6 Å². The van der Waals surface area contributed by atoms with Gasteiger partial charge in [0.1, 0.15) is 11.5 Å². The van der Waals surface area contributed by atoms with Gasteiger partial charge in [0.2, 0.25) is 5.91 Å². The van der Waals surface area contributed by atoms with E-state index in [1.807, 2.05) is 35.2 Å². The first-order valence-corrected chi connectivity index (χ1v) is 10.5. The van der Waals surface area contributed by atoms with Gasteiger partial charge in [-0.1, -0.05) is 24.3 Å². The van der Waals surface area contributed by atoms with E-state index in [9.17, 15) is 14.4 Å². The molecule has 8 heteroatoms. The van der Waals surface area contributed by atoms with E-state index >= 15 is 0 Å². The minimum Gasteiger partial charge on any atom is -0.356 e. The number of carbonyl (C=O) groups is 3. The lowest BCUT2D eigenvalue weighted by Crippen LogP contribution is -2.36. The predicted octanol–water partition coefficient (Wildman–Crippen LogP) is 2.95. The molecule has 0 aliphatic carbocycles. The highest BCUT2D eigenvalue weighted by Gasteiger charge is 2.24. The summed E-state index contributed by atoms with van der Waals surface area (Å²) in [5, 5.41) is 10.5. The van der Waals surface area contributed by atoms with Crippen LogP contribution in [0.15, 0.2) is 41.3 Å². The number of ketones is 1. The standard InChI is InChI=1S/C14H14N2OS.C8H12N2O2/c17-14(16-7-3-5-11(18)9-16)13-8-10-4-1-2-6-12(10)15-13;9-3-1-7(11)6-2-4-10-8(12)5-6/h1-2,4-6,8,15,18H,3,7,9H2;3,6,9H,1-2,4-5H2,(H,10,12). The molecule has 1 atom stereocenters. The molecule has 0 spiro atoms. The molecule has 4 rings (SSSR count). The molecule has 158 valence electrons. The van der Waals surface area contributed by atoms with Gasteiger partial charge < -0.3 is 20.6 Å². The van der Waals surface area contributed by atoms with E-state index in [0.717, 1.165) is 41.4 Å². The summed E-state index contributed by atoms with van der Waals surface area (Å²) < 4.78 is 0. The van der Waals surface area contributed by atoms with Crippen LogP contribution in [0.5, 0.6) is 0 Å². The largest absolute Gasteiger partial charge is 0.356 e. The molecule has 2 aromatic rings. The van der Waals surface area contributed by atoms with Crippen LogP contribution in [0.2, 0.25) is 0 Å². The summed E-state index contributed by atoms with van der Waals surface area (Å²) in [6.07, 6.45) is 5.22. The Morgan fingerprint density at radius 3 is 2.80 bits per heavy atom. The lowest BCUT2D eigenvalue weighted by atomic mass is 9.92. The zero-order valence-electron chi connectivity index (χ0n) is 16.7. The third-order valence-corrected chi connectivity index (χ3v) is 5.51. The number of H-pyrrole nitrogens is 1. The second-order valence-corrected chi connectivity index (χ2v) is 7.97. The molecule has 0 radical (unpaired) electrons. The van der Waals surface area contributed by atoms with Crippen LogP contribution < -0.4 is 5.32 Å². The molecule has 1 unspecified atom stereocenters. The molecule has 2 aliphatic heterocycles. The monoisotopic (exact) mass is 426 g/mol. The Hall–Kier alpha value is -2.87. The summed E-state index contributed by atoms with van der Waals surface area (Å²) in [4.78, 5) is 40.4. The van der Waals surface area contributed by atoms with Crippen LogP contribution in [-0.2, 0) is 9.59 Å². The van der Waals surface area contributed by atoms with Crippen molar-refractivity contribution in [1.82, 2.24) is 15.2 Å². The number of nitrogens with zero attached hydrogens (tertiary/aromatic N) is 1. The number of fused-ring (bicyclic) bond motifs is 1. The molecule has 7 nitrogen and oxygen atoms in total. The van der Waals surface area contributed by atoms with Crippen LogP contribution in [0, 0.1) is 11.3 Å². The molecule has 2 aliphatic rings. The van der Waals surface area contributed by atoms with Crippen LogP contribution in [0.1, 0.15) is 36.2 Å². The van der Waals surface area contributed by atoms with Crippen molar-refractivity contribution in [2.24, 2.45) is 5.92 Å². The lowest BCUT2D eigenvalue weighted by Gasteiger charge is -2.25. The van der Waals surface area contributed by atoms with E-state index in [0.29, 0.717) is 25.2 Å². The van der Waals surface area contributed by atoms with Crippen molar-refractivity contribution in [1.29, 1.82) is 5.41 Å². The second kappa shape index (κ2) is 10.2. The van der Waals surface area contributed by atoms with E-state index in [2.05, 4.69) is 29.0 Å². The molecule has 1 aromatic heterocycles. The first kappa shape index (κ1) is 21.8. The normalized spacial score (nSPS) is 18.7. The van der Waals surface area contributed by atoms with Gasteiger partial charge in [-0.3, -0.25) is 14.4 Å². The van der Waals surface area contributed by atoms with E-state index in [1.54, 1.807) is 0 Å². The number of hydrogen-bond acceptors (Lipinski definition) is 5. The topological polar surface area (TPSA) is 106 Å². The van der Waals surface area contributed by atoms with Gasteiger partial charge in [-0.25, -0.2) is 0 Å². The molecule has 30 heavy (non-hydrogen) atoms. The van der Waals surface area contributed by atoms with Gasteiger partial charge in [0, 0.05) is 49.0 Å². The van der Waals surface area contributed by atoms with Crippen molar-refractivity contribution >= 4 is 47.3 Å². The van der Waals surface area contributed by atoms with Crippen molar-refractivity contribution < 1.29 is 14.4 Å². The van der Waals surface area contributed by atoms with Crippen molar-refractivity contribution in [3.63, 3.8) is 0 Å². The van der Waals surface area contributed by atoms with Crippen LogP contribution in [0.4, 0.5) is 0 Å². The number of amides is 2. The summed E-state index contributed by atoms with van der Waals surface area (Å²) in [6.45, 7) is 1.96. The summed E-state index contributed by atoms with van der Waals surface area (Å²) in [5.74, 6) is -0.143. The Labute approximate surface area is 180 Å². The highest BCUT2D eigenvalue weighted by Crippen LogP contribution is 2.19. The number of rotatable bonds is 4. The smallest absolute Gasteiger partial charge is 0.270 e. The number of carbonyl (C=O) groups excluding carboxylic acids is 3. The number of piperidine rings is 1. The molecule has 1 aromatic carbocycles. The number of benzene rings is 1. The Morgan fingerprint density at radius 2 is 2.10 bits per heavy atom. The molecule has 2 amide bonds. The quantitative estimate of drug-likeness (QED) is 0.446. The number of nitrogens with one attached hydrogen (secondary N) is 3. The van der Waals surface area contributed by atoms with Gasteiger partial charge in [0.25, 0.3) is 5.91 Å². The average molecular weight is 427 g/mol. The SMILES string of the molecule is N=CCC(=O)C1CCNC(=O)C1.O=C(c1cc2ccccc2[nH]1)N1CCC=C(S)C1. The van der Waals surface area contributed by atoms with E-state index in [1.165, 1.54) is 0 Å². The summed E-state index contributed by atoms with van der Waals surface area (Å²) in [5.41, 5.74) is 1.65. The molecule has 3 N–H and O–H groups in total. The molecule has 0 bridgehead atoms. The van der Waals surface area contributed by atoms with Gasteiger partial charge in [-0.2, -0.15) is 0 Å². The molecular weight excluding hydrogens is 400 g/mol. The van der Waals surface area contributed by atoms with Gasteiger partial charge in [-0.15, -0.1) is 12.6 Å². The maximum atomic E-state index is 12.3. The third-order valence-electron chi connectivity index (χ3n) is 5.18. The Kier molecular flexibility index (Phi) is 7.46. The Morgan fingerprint density at radius 1 is 1.30 bits per heavy atom. The molecule has 0 saturated carbocycles. The van der Waals surface area contributed by atoms with E-state index < -0.39 is 0 Å². The summed E-state index contributed by atoms with van der Waals surface area (Å²) in [6, 6.07) is 9.83. The zero-order chi connectivity index (χ0) is 21.5. The minimum atomic E-state index is -0.152. The van der Waals surface area contributed by atoms with Crippen LogP contribution in [-0.4, -0.2) is 53.3 Å². The van der Waals surface area contributed by atoms with Gasteiger partial charge in [0.05, 0.1) is 6.54 Å². The number of aromatic nitrogens is 1. The van der Waals surface area contributed by atoms with E-state index in [-0.39, 0.29) is 29.9 Å². The number of hydrogen-bond donors (Lipinski definition) is 4. The van der Waals surface area contributed by atoms with Crippen molar-refractivity contribution in [2.45, 2.75) is 25.7 Å². The van der Waals surface area contributed by atoms with Gasteiger partial charge in [0.15, 0.2) is 0 Å². The Balaban J connectivity index is 0.000000187. The fraction of sp³-hybridized carbons (Fsp3) is 0.364. The first-order valence-electron chi connectivity index (χ1n) is 10.0. The highest BCUT2D eigenvalue weighted by atomic mass is 32.1. The summed E-state index contributed by atoms with van der Waals surface area (Å²) >= 11 is 4.33. The number of Topliss-reactive ketones (excluding diaryl/α,β-unsaturated/α-hetero) is 1. The minimum absolute atomic E-state index is 0.0138. The summed E-state index contributed by atoms with van der Waals surface area (Å²) in [7, 11) is 0. The third kappa shape index (κ3) is 5.60. The van der Waals surface area contributed by atoms with Crippen LogP contribution in [0.25, 0.3) is 10.9 Å². The number of aromatic amines is 1. The fourth-order valence-corrected chi connectivity index (χ4v) is 3.88. The number of thiol groups is 1. The molecule has 3 heterocycles. The van der Waals surface area contributed by atoms with Crippen molar-refractivity contribution in [3.8, 4) is 0 Å². The first-order chi connectivity index (χ1) is 14.5. The van der Waals surface area contributed by atoms with Gasteiger partial charge >= 0.3 is 0 Å². The zero-order valence-corrected chi connectivity index (χ0v) is 17.6. The van der Waals surface area contributed by atoms with Crippen LogP contribution in [0.3, 0.4) is 0 Å². The Bertz CT molecular complexity index is 949. The molecule has 1 saturated heterocycles. The lowest BCUT2D eigenvalue weighted by molar-refractivity contribution is -0.130. The highest BCUT2D eigenvalue weighted by molar-refractivity contribution is 7.84. The van der Waals surface area contributed by atoms with Gasteiger partial charge in [-0.05, 0) is 29.9 Å². The van der Waals surface area contributed by atoms with E-state index in [4.69, 9.17) is 5.41 Å². The predicted molar refractivity (Wildman–Crippen MR) is 120 cm³/mol. The maximum Gasteiger partial charge on any atom is 0.270 e. The molecule has 1 fully saturated rings. The second-order valence-electron chi connectivity index (χ2n) is 7.40.